The number of rotatable bonds is 15. The summed E-state index contributed by atoms with van der Waals surface area (Å²) in [6, 6.07) is -2.23. The minimum absolute atomic E-state index is 0.369. The monoisotopic (exact) mass is 348 g/mol. The average Bonchev–Trinajstić information content (AvgIpc) is 2.46. The summed E-state index contributed by atoms with van der Waals surface area (Å²) in [7, 11) is 0. The highest BCUT2D eigenvalue weighted by Gasteiger charge is 2.20. The van der Waals surface area contributed by atoms with E-state index in [1.165, 1.54) is 0 Å². The summed E-state index contributed by atoms with van der Waals surface area (Å²) >= 11 is 0. The van der Waals surface area contributed by atoms with E-state index >= 15 is 0 Å². The quantitative estimate of drug-likeness (QED) is 0.213. The van der Waals surface area contributed by atoms with Gasteiger partial charge in [0.1, 0.15) is 12.1 Å². The van der Waals surface area contributed by atoms with Gasteiger partial charge in [-0.05, 0) is 25.9 Å². The van der Waals surface area contributed by atoms with Gasteiger partial charge < -0.3 is 31.1 Å². The molecule has 24 heavy (non-hydrogen) atoms. The molecular weight excluding hydrogens is 324 g/mol. The molecule has 0 fully saturated rings. The van der Waals surface area contributed by atoms with Crippen LogP contribution >= 0.6 is 0 Å². The highest BCUT2D eigenvalue weighted by Crippen LogP contribution is 2.01. The fourth-order valence-electron chi connectivity index (χ4n) is 2.00. The summed E-state index contributed by atoms with van der Waals surface area (Å²) in [6.45, 7) is 0.739. The van der Waals surface area contributed by atoms with Crippen LogP contribution in [-0.2, 0) is 19.2 Å². The molecule has 10 heteroatoms. The lowest BCUT2D eigenvalue weighted by Crippen LogP contribution is -2.39. The second kappa shape index (κ2) is 12.3. The van der Waals surface area contributed by atoms with Crippen molar-refractivity contribution in [1.29, 1.82) is 0 Å². The second-order valence-electron chi connectivity index (χ2n) is 5.30. The van der Waals surface area contributed by atoms with Crippen LogP contribution in [0.4, 0.5) is 0 Å². The predicted molar refractivity (Wildman–Crippen MR) is 81.8 cm³/mol. The van der Waals surface area contributed by atoms with Crippen molar-refractivity contribution in [1.82, 2.24) is 10.6 Å². The van der Waals surface area contributed by atoms with Gasteiger partial charge in [-0.3, -0.25) is 19.2 Å². The van der Waals surface area contributed by atoms with Gasteiger partial charge in [-0.15, -0.1) is 0 Å². The zero-order valence-corrected chi connectivity index (χ0v) is 13.2. The largest absolute Gasteiger partial charge is 0.481 e. The molecule has 6 N–H and O–H groups in total. The highest BCUT2D eigenvalue weighted by molar-refractivity contribution is 5.81. The van der Waals surface area contributed by atoms with E-state index in [0.29, 0.717) is 25.9 Å². The van der Waals surface area contributed by atoms with Crippen LogP contribution < -0.4 is 10.6 Å². The highest BCUT2D eigenvalue weighted by atomic mass is 16.4. The van der Waals surface area contributed by atoms with Gasteiger partial charge in [-0.2, -0.15) is 0 Å². The van der Waals surface area contributed by atoms with Crippen LogP contribution in [0.5, 0.6) is 0 Å². The van der Waals surface area contributed by atoms with Crippen LogP contribution in [0, 0.1) is 0 Å². The molecule has 0 heterocycles. The number of hydrogen-bond acceptors (Lipinski definition) is 6. The zero-order chi connectivity index (χ0) is 18.5. The van der Waals surface area contributed by atoms with Gasteiger partial charge in [0.15, 0.2) is 0 Å². The van der Waals surface area contributed by atoms with Gasteiger partial charge in [0.25, 0.3) is 0 Å². The molecule has 0 bridgehead atoms. The van der Waals surface area contributed by atoms with Crippen molar-refractivity contribution < 1.29 is 39.6 Å². The number of carbonyl (C=O) groups is 4. The first-order valence-electron chi connectivity index (χ1n) is 7.60. The Balaban J connectivity index is 3.75. The van der Waals surface area contributed by atoms with E-state index in [2.05, 4.69) is 10.6 Å². The van der Waals surface area contributed by atoms with E-state index in [4.69, 9.17) is 20.4 Å². The van der Waals surface area contributed by atoms with E-state index in [1.807, 2.05) is 0 Å². The fraction of sp³-hybridized carbons (Fsp3) is 0.714. The zero-order valence-electron chi connectivity index (χ0n) is 13.2. The Morgan fingerprint density at radius 3 is 1.21 bits per heavy atom. The molecular formula is C14H24N2O8. The normalized spacial score (nSPS) is 13.2. The number of carboxylic acid groups (broad SMARTS) is 4. The minimum Gasteiger partial charge on any atom is -0.481 e. The topological polar surface area (TPSA) is 173 Å². The molecule has 0 aliphatic rings. The molecule has 138 valence electrons. The molecule has 0 unspecified atom stereocenters. The third kappa shape index (κ3) is 11.4. The first kappa shape index (κ1) is 21.8. The van der Waals surface area contributed by atoms with Crippen LogP contribution in [0.15, 0.2) is 0 Å². The Hall–Kier alpha value is -2.20. The lowest BCUT2D eigenvalue weighted by atomic mass is 10.1. The fourth-order valence-corrected chi connectivity index (χ4v) is 2.00. The van der Waals surface area contributed by atoms with Gasteiger partial charge in [-0.1, -0.05) is 12.8 Å². The molecule has 0 aromatic heterocycles. The average molecular weight is 348 g/mol. The lowest BCUT2D eigenvalue weighted by molar-refractivity contribution is -0.145. The Labute approximate surface area is 138 Å². The molecule has 0 radical (unpaired) electrons. The maximum Gasteiger partial charge on any atom is 0.321 e. The summed E-state index contributed by atoms with van der Waals surface area (Å²) in [5, 5.41) is 40.1. The first-order chi connectivity index (χ1) is 11.2. The maximum atomic E-state index is 10.8. The molecule has 0 saturated heterocycles. The summed E-state index contributed by atoms with van der Waals surface area (Å²) < 4.78 is 0. The molecule has 0 aromatic rings. The Morgan fingerprint density at radius 2 is 0.958 bits per heavy atom. The van der Waals surface area contributed by atoms with E-state index in [0.717, 1.165) is 12.8 Å². The molecule has 0 aliphatic heterocycles. The summed E-state index contributed by atoms with van der Waals surface area (Å²) in [6.07, 6.45) is 1.84. The first-order valence-corrected chi connectivity index (χ1v) is 7.60. The van der Waals surface area contributed by atoms with E-state index in [9.17, 15) is 19.2 Å². The summed E-state index contributed by atoms with van der Waals surface area (Å²) in [5.74, 6) is -4.79. The van der Waals surface area contributed by atoms with Crippen molar-refractivity contribution >= 4 is 23.9 Å². The second-order valence-corrected chi connectivity index (χ2v) is 5.30. The van der Waals surface area contributed by atoms with Crippen LogP contribution in [0.2, 0.25) is 0 Å². The molecule has 0 saturated carbocycles. The number of nitrogens with one attached hydrogen (secondary N) is 2. The third-order valence-electron chi connectivity index (χ3n) is 3.24. The van der Waals surface area contributed by atoms with Crippen molar-refractivity contribution in [2.24, 2.45) is 0 Å². The summed E-state index contributed by atoms with van der Waals surface area (Å²) in [5.41, 5.74) is 0. The van der Waals surface area contributed by atoms with Crippen LogP contribution in [-0.4, -0.2) is 69.5 Å². The van der Waals surface area contributed by atoms with Crippen LogP contribution in [0.25, 0.3) is 0 Å². The number of carboxylic acids is 4. The summed E-state index contributed by atoms with van der Waals surface area (Å²) in [4.78, 5) is 42.6. The van der Waals surface area contributed by atoms with E-state index < -0.39 is 48.8 Å². The third-order valence-corrected chi connectivity index (χ3v) is 3.24. The molecule has 0 amide bonds. The molecule has 0 aliphatic carbocycles. The molecule has 2 atom stereocenters. The predicted octanol–water partition coefficient (Wildman–Crippen LogP) is -0.418. The van der Waals surface area contributed by atoms with Gasteiger partial charge in [-0.25, -0.2) is 0 Å². The van der Waals surface area contributed by atoms with Gasteiger partial charge in [0, 0.05) is 0 Å². The smallest absolute Gasteiger partial charge is 0.321 e. The Bertz CT molecular complexity index is 400. The SMILES string of the molecule is O=C(O)C[C@H](NCCCCCCN[C@@H](CC(=O)O)C(=O)O)C(=O)O. The number of unbranched alkanes of at least 4 members (excludes halogenated alkanes) is 3. The van der Waals surface area contributed by atoms with Crippen molar-refractivity contribution in [2.75, 3.05) is 13.1 Å². The Morgan fingerprint density at radius 1 is 0.625 bits per heavy atom. The van der Waals surface area contributed by atoms with Crippen molar-refractivity contribution in [3.05, 3.63) is 0 Å². The van der Waals surface area contributed by atoms with Crippen molar-refractivity contribution in [3.8, 4) is 0 Å². The van der Waals surface area contributed by atoms with Crippen molar-refractivity contribution in [2.45, 2.75) is 50.6 Å². The van der Waals surface area contributed by atoms with Gasteiger partial charge >= 0.3 is 23.9 Å². The number of hydrogen-bond donors (Lipinski definition) is 6. The van der Waals surface area contributed by atoms with Crippen LogP contribution in [0.3, 0.4) is 0 Å². The van der Waals surface area contributed by atoms with E-state index in [1.54, 1.807) is 0 Å². The number of aliphatic carboxylic acids is 4. The minimum atomic E-state index is -1.21. The maximum absolute atomic E-state index is 10.8. The molecule has 0 aromatic carbocycles. The van der Waals surface area contributed by atoms with Gasteiger partial charge in [0.05, 0.1) is 12.8 Å². The van der Waals surface area contributed by atoms with Crippen LogP contribution in [0.1, 0.15) is 38.5 Å². The van der Waals surface area contributed by atoms with E-state index in [-0.39, 0.29) is 0 Å². The Kier molecular flexibility index (Phi) is 11.1. The molecule has 0 rings (SSSR count). The lowest BCUT2D eigenvalue weighted by Gasteiger charge is -2.13. The standard InChI is InChI=1S/C14H24N2O8/c17-11(18)7-9(13(21)22)15-5-3-1-2-4-6-16-10(14(23)24)8-12(19)20/h9-10,15-16H,1-8H2,(H,17,18)(H,19,20)(H,21,22)(H,23,24)/t9-,10-/m0/s1. The van der Waals surface area contributed by atoms with Gasteiger partial charge in [0.2, 0.25) is 0 Å². The van der Waals surface area contributed by atoms with Crippen molar-refractivity contribution in [3.63, 3.8) is 0 Å². The molecule has 10 nitrogen and oxygen atoms in total. The molecule has 0 spiro atoms.